The van der Waals surface area contributed by atoms with Crippen LogP contribution in [-0.4, -0.2) is 34.4 Å². The van der Waals surface area contributed by atoms with Crippen LogP contribution in [0.2, 0.25) is 0 Å². The minimum atomic E-state index is -0.184. The van der Waals surface area contributed by atoms with Crippen molar-refractivity contribution in [1.29, 1.82) is 0 Å². The summed E-state index contributed by atoms with van der Waals surface area (Å²) in [4.78, 5) is 13.4. The van der Waals surface area contributed by atoms with E-state index in [0.717, 1.165) is 27.2 Å². The van der Waals surface area contributed by atoms with Crippen molar-refractivity contribution in [3.8, 4) is 10.6 Å². The second kappa shape index (κ2) is 6.14. The fourth-order valence-electron chi connectivity index (χ4n) is 2.64. The van der Waals surface area contributed by atoms with E-state index in [1.165, 1.54) is 0 Å². The predicted octanol–water partition coefficient (Wildman–Crippen LogP) is 3.59. The second-order valence-corrected chi connectivity index (χ2v) is 8.50. The molecule has 1 saturated heterocycles. The van der Waals surface area contributed by atoms with Gasteiger partial charge in [0.05, 0.1) is 20.0 Å². The number of H-pyrrole nitrogens is 1. The van der Waals surface area contributed by atoms with Gasteiger partial charge >= 0.3 is 0 Å². The molecule has 1 amide bonds. The number of amides is 1. The van der Waals surface area contributed by atoms with Gasteiger partial charge in [0, 0.05) is 12.6 Å². The molecule has 0 saturated carbocycles. The lowest BCUT2D eigenvalue weighted by Crippen LogP contribution is -2.45. The van der Waals surface area contributed by atoms with Crippen molar-refractivity contribution in [2.45, 2.75) is 38.3 Å². The lowest BCUT2D eigenvalue weighted by molar-refractivity contribution is -0.0615. The lowest BCUT2D eigenvalue weighted by atomic mass is 9.94. The van der Waals surface area contributed by atoms with E-state index < -0.39 is 0 Å². The number of halogens is 1. The molecule has 0 aromatic carbocycles. The molecule has 1 atom stereocenters. The third-order valence-electron chi connectivity index (χ3n) is 3.68. The van der Waals surface area contributed by atoms with Crippen molar-refractivity contribution in [2.24, 2.45) is 0 Å². The largest absolute Gasteiger partial charge is 0.375 e. The molecule has 3 rings (SSSR count). The fraction of sp³-hybridized carbons (Fsp3) is 0.467. The van der Waals surface area contributed by atoms with Gasteiger partial charge in [-0.25, -0.2) is 0 Å². The van der Waals surface area contributed by atoms with Crippen molar-refractivity contribution in [1.82, 2.24) is 15.5 Å². The first-order valence-electron chi connectivity index (χ1n) is 7.19. The van der Waals surface area contributed by atoms with E-state index in [1.807, 2.05) is 26.0 Å². The molecule has 1 aliphatic rings. The molecule has 5 nitrogen and oxygen atoms in total. The first-order valence-corrected chi connectivity index (χ1v) is 8.80. The maximum atomic E-state index is 12.3. The average Bonchev–Trinajstić information content (AvgIpc) is 3.05. The van der Waals surface area contributed by atoms with E-state index in [1.54, 1.807) is 17.4 Å². The van der Waals surface area contributed by atoms with Crippen LogP contribution in [0.5, 0.6) is 0 Å². The highest BCUT2D eigenvalue weighted by molar-refractivity contribution is 9.11. The van der Waals surface area contributed by atoms with Crippen LogP contribution >= 0.6 is 27.3 Å². The van der Waals surface area contributed by atoms with Crippen LogP contribution in [0.3, 0.4) is 0 Å². The number of aromatic amines is 1. The first kappa shape index (κ1) is 15.7. The molecular formula is C15H18BrN3O2S. The molecule has 0 spiro atoms. The number of nitrogens with zero attached hydrogens (tertiary/aromatic N) is 1. The number of hydrogen-bond donors (Lipinski definition) is 2. The van der Waals surface area contributed by atoms with E-state index in [0.29, 0.717) is 12.3 Å². The Hall–Kier alpha value is -1.18. The van der Waals surface area contributed by atoms with Crippen molar-refractivity contribution in [2.75, 3.05) is 6.61 Å². The topological polar surface area (TPSA) is 67.0 Å². The van der Waals surface area contributed by atoms with Crippen LogP contribution in [0.1, 0.15) is 37.2 Å². The zero-order chi connectivity index (χ0) is 15.7. The van der Waals surface area contributed by atoms with Gasteiger partial charge in [0.15, 0.2) is 5.69 Å². The van der Waals surface area contributed by atoms with Gasteiger partial charge in [0.25, 0.3) is 5.91 Å². The summed E-state index contributed by atoms with van der Waals surface area (Å²) in [5.41, 5.74) is 1.09. The third-order valence-corrected chi connectivity index (χ3v) is 5.34. The minimum Gasteiger partial charge on any atom is -0.375 e. The van der Waals surface area contributed by atoms with Gasteiger partial charge < -0.3 is 10.1 Å². The monoisotopic (exact) mass is 383 g/mol. The highest BCUT2D eigenvalue weighted by Crippen LogP contribution is 2.30. The molecule has 0 radical (unpaired) electrons. The van der Waals surface area contributed by atoms with Gasteiger partial charge in [0.1, 0.15) is 0 Å². The SMILES string of the molecule is CC1(C)CC(NC(=O)c2cc(-c3ccc(Br)s3)[nH]n2)CCO1. The summed E-state index contributed by atoms with van der Waals surface area (Å²) in [5, 5.41) is 10.1. The molecule has 7 heteroatoms. The Bertz CT molecular complexity index is 680. The molecule has 2 aromatic rings. The molecule has 3 heterocycles. The maximum absolute atomic E-state index is 12.3. The van der Waals surface area contributed by atoms with E-state index in [4.69, 9.17) is 4.74 Å². The highest BCUT2D eigenvalue weighted by atomic mass is 79.9. The zero-order valence-corrected chi connectivity index (χ0v) is 14.9. The van der Waals surface area contributed by atoms with Crippen LogP contribution in [0.4, 0.5) is 0 Å². The molecule has 2 aromatic heterocycles. The fourth-order valence-corrected chi connectivity index (χ4v) is 3.99. The Labute approximate surface area is 141 Å². The van der Waals surface area contributed by atoms with Crippen LogP contribution in [0.25, 0.3) is 10.6 Å². The van der Waals surface area contributed by atoms with Gasteiger partial charge in [-0.3, -0.25) is 9.89 Å². The molecule has 0 bridgehead atoms. The van der Waals surface area contributed by atoms with Crippen LogP contribution in [0.15, 0.2) is 22.0 Å². The maximum Gasteiger partial charge on any atom is 0.272 e. The molecule has 1 unspecified atom stereocenters. The molecule has 1 fully saturated rings. The summed E-state index contributed by atoms with van der Waals surface area (Å²) < 4.78 is 6.72. The van der Waals surface area contributed by atoms with Gasteiger partial charge in [-0.2, -0.15) is 5.10 Å². The number of rotatable bonds is 3. The number of nitrogens with one attached hydrogen (secondary N) is 2. The lowest BCUT2D eigenvalue weighted by Gasteiger charge is -2.35. The first-order chi connectivity index (χ1) is 10.4. The number of thiophene rings is 1. The van der Waals surface area contributed by atoms with E-state index in [-0.39, 0.29) is 17.6 Å². The van der Waals surface area contributed by atoms with E-state index in [9.17, 15) is 4.79 Å². The summed E-state index contributed by atoms with van der Waals surface area (Å²) in [7, 11) is 0. The van der Waals surface area contributed by atoms with Crippen molar-refractivity contribution >= 4 is 33.2 Å². The number of carbonyl (C=O) groups excluding carboxylic acids is 1. The van der Waals surface area contributed by atoms with Gasteiger partial charge in [-0.15, -0.1) is 11.3 Å². The summed E-state index contributed by atoms with van der Waals surface area (Å²) >= 11 is 5.03. The Morgan fingerprint density at radius 2 is 2.36 bits per heavy atom. The summed E-state index contributed by atoms with van der Waals surface area (Å²) in [5.74, 6) is -0.138. The van der Waals surface area contributed by atoms with Crippen molar-refractivity contribution in [3.05, 3.63) is 27.7 Å². The van der Waals surface area contributed by atoms with Crippen LogP contribution in [-0.2, 0) is 4.74 Å². The molecular weight excluding hydrogens is 366 g/mol. The molecule has 2 N–H and O–H groups in total. The predicted molar refractivity (Wildman–Crippen MR) is 90.1 cm³/mol. The Morgan fingerprint density at radius 3 is 3.05 bits per heavy atom. The average molecular weight is 384 g/mol. The van der Waals surface area contributed by atoms with Gasteiger partial charge in [-0.1, -0.05) is 0 Å². The third kappa shape index (κ3) is 3.59. The van der Waals surface area contributed by atoms with E-state index >= 15 is 0 Å². The number of hydrogen-bond acceptors (Lipinski definition) is 4. The summed E-state index contributed by atoms with van der Waals surface area (Å²) in [6.45, 7) is 4.77. The summed E-state index contributed by atoms with van der Waals surface area (Å²) in [6.07, 6.45) is 1.65. The smallest absolute Gasteiger partial charge is 0.272 e. The minimum absolute atomic E-state index is 0.132. The normalized spacial score (nSPS) is 20.8. The highest BCUT2D eigenvalue weighted by Gasteiger charge is 2.30. The number of carbonyl (C=O) groups is 1. The Morgan fingerprint density at radius 1 is 1.55 bits per heavy atom. The Kier molecular flexibility index (Phi) is 4.38. The Balaban J connectivity index is 1.67. The van der Waals surface area contributed by atoms with Gasteiger partial charge in [0.2, 0.25) is 0 Å². The van der Waals surface area contributed by atoms with Crippen LogP contribution in [0, 0.1) is 0 Å². The van der Waals surface area contributed by atoms with E-state index in [2.05, 4.69) is 31.4 Å². The van der Waals surface area contributed by atoms with Gasteiger partial charge in [-0.05, 0) is 60.8 Å². The number of aromatic nitrogens is 2. The zero-order valence-electron chi connectivity index (χ0n) is 12.5. The van der Waals surface area contributed by atoms with Crippen molar-refractivity contribution < 1.29 is 9.53 Å². The van der Waals surface area contributed by atoms with Crippen molar-refractivity contribution in [3.63, 3.8) is 0 Å². The number of ether oxygens (including phenoxy) is 1. The quantitative estimate of drug-likeness (QED) is 0.850. The molecule has 118 valence electrons. The summed E-state index contributed by atoms with van der Waals surface area (Å²) in [6, 6.07) is 5.89. The standard InChI is InChI=1S/C15H18BrN3O2S/c1-15(2)8-9(5-6-21-15)17-14(20)11-7-10(18-19-11)12-3-4-13(16)22-12/h3-4,7,9H,5-6,8H2,1-2H3,(H,17,20)(H,18,19). The molecule has 22 heavy (non-hydrogen) atoms. The molecule has 0 aliphatic carbocycles. The second-order valence-electron chi connectivity index (χ2n) is 6.04. The van der Waals surface area contributed by atoms with Crippen LogP contribution < -0.4 is 5.32 Å². The molecule has 1 aliphatic heterocycles.